The number of carbonyl (C=O) groups excluding carboxylic acids is 1. The first-order valence-corrected chi connectivity index (χ1v) is 11.7. The van der Waals surface area contributed by atoms with Crippen LogP contribution in [0.4, 0.5) is 5.13 Å². The average Bonchev–Trinajstić information content (AvgIpc) is 3.28. The number of amides is 1. The molecule has 0 bridgehead atoms. The van der Waals surface area contributed by atoms with Crippen LogP contribution in [0.15, 0.2) is 29.3 Å². The Morgan fingerprint density at radius 3 is 2.65 bits per heavy atom. The summed E-state index contributed by atoms with van der Waals surface area (Å²) in [5.41, 5.74) is 1.84. The number of aryl methyl sites for hydroxylation is 1. The summed E-state index contributed by atoms with van der Waals surface area (Å²) in [4.78, 5) is 27.9. The van der Waals surface area contributed by atoms with Gasteiger partial charge in [-0.25, -0.2) is 4.98 Å². The summed E-state index contributed by atoms with van der Waals surface area (Å²) in [6, 6.07) is 7.83. The zero-order chi connectivity index (χ0) is 22.2. The molecule has 8 nitrogen and oxygen atoms in total. The molecule has 0 saturated carbocycles. The van der Waals surface area contributed by atoms with Gasteiger partial charge in [-0.05, 0) is 31.0 Å². The van der Waals surface area contributed by atoms with Crippen LogP contribution in [0, 0.1) is 0 Å². The van der Waals surface area contributed by atoms with E-state index in [9.17, 15) is 4.79 Å². The van der Waals surface area contributed by atoms with Crippen molar-refractivity contribution in [2.45, 2.75) is 26.7 Å². The van der Waals surface area contributed by atoms with Crippen molar-refractivity contribution in [1.29, 1.82) is 0 Å². The van der Waals surface area contributed by atoms with E-state index < -0.39 is 0 Å². The zero-order valence-corrected chi connectivity index (χ0v) is 19.8. The minimum atomic E-state index is 0.0260. The maximum atomic E-state index is 12.2. The fraction of sp³-hybridized carbons (Fsp3) is 0.545. The molecule has 0 radical (unpaired) electrons. The second-order valence-corrected chi connectivity index (χ2v) is 8.44. The predicted octanol–water partition coefficient (Wildman–Crippen LogP) is 2.13. The van der Waals surface area contributed by atoms with Crippen LogP contribution < -0.4 is 10.2 Å². The lowest BCUT2D eigenvalue weighted by Gasteiger charge is -2.36. The smallest absolute Gasteiger partial charge is 0.253 e. The number of nitrogens with zero attached hydrogens (tertiary/aromatic N) is 6. The Kier molecular flexibility index (Phi) is 8.22. The molecular weight excluding hydrogens is 410 g/mol. The normalized spacial score (nSPS) is 14.6. The molecule has 1 aliphatic rings. The molecule has 1 saturated heterocycles. The maximum Gasteiger partial charge on any atom is 0.253 e. The fourth-order valence-electron chi connectivity index (χ4n) is 3.46. The average molecular weight is 444 g/mol. The Balaban J connectivity index is 1.57. The van der Waals surface area contributed by atoms with Gasteiger partial charge in [0.15, 0.2) is 5.96 Å². The number of piperazine rings is 1. The number of carbonyl (C=O) groups is 1. The molecule has 1 fully saturated rings. The van der Waals surface area contributed by atoms with Gasteiger partial charge in [0.1, 0.15) is 5.82 Å². The molecule has 0 spiro atoms. The fourth-order valence-corrected chi connectivity index (χ4v) is 4.26. The van der Waals surface area contributed by atoms with Crippen LogP contribution in [0.1, 0.15) is 35.6 Å². The molecule has 9 heteroatoms. The van der Waals surface area contributed by atoms with Crippen molar-refractivity contribution in [3.63, 3.8) is 0 Å². The van der Waals surface area contributed by atoms with Crippen LogP contribution in [0.5, 0.6) is 0 Å². The van der Waals surface area contributed by atoms with Crippen LogP contribution in [0.25, 0.3) is 0 Å². The van der Waals surface area contributed by atoms with E-state index in [1.807, 2.05) is 18.2 Å². The zero-order valence-electron chi connectivity index (χ0n) is 19.0. The molecular formula is C22H33N7OS. The van der Waals surface area contributed by atoms with E-state index in [0.717, 1.165) is 73.6 Å². The van der Waals surface area contributed by atoms with E-state index in [0.29, 0.717) is 6.54 Å². The Hall–Kier alpha value is -2.68. The second-order valence-electron chi connectivity index (χ2n) is 7.71. The third-order valence-corrected chi connectivity index (χ3v) is 6.02. The number of aliphatic imine (C=N–C) groups is 1. The Morgan fingerprint density at radius 2 is 2.00 bits per heavy atom. The first-order chi connectivity index (χ1) is 15.0. The van der Waals surface area contributed by atoms with Gasteiger partial charge in [0.2, 0.25) is 5.13 Å². The van der Waals surface area contributed by atoms with E-state index in [4.69, 9.17) is 4.99 Å². The van der Waals surface area contributed by atoms with Crippen LogP contribution >= 0.6 is 11.5 Å². The summed E-state index contributed by atoms with van der Waals surface area (Å²) < 4.78 is 4.40. The van der Waals surface area contributed by atoms with Crippen LogP contribution in [0.2, 0.25) is 0 Å². The van der Waals surface area contributed by atoms with Crippen LogP contribution in [0.3, 0.4) is 0 Å². The molecule has 1 amide bonds. The Bertz CT molecular complexity index is 887. The van der Waals surface area contributed by atoms with E-state index in [2.05, 4.69) is 44.4 Å². The van der Waals surface area contributed by atoms with Crippen molar-refractivity contribution < 1.29 is 4.79 Å². The number of anilines is 1. The molecule has 2 aromatic rings. The number of benzene rings is 1. The minimum absolute atomic E-state index is 0.0260. The number of nitrogens with one attached hydrogen (secondary N) is 1. The lowest BCUT2D eigenvalue weighted by Crippen LogP contribution is -2.52. The first kappa shape index (κ1) is 23.0. The molecule has 0 aliphatic carbocycles. The number of aromatic nitrogens is 2. The monoisotopic (exact) mass is 443 g/mol. The molecule has 1 N–H and O–H groups in total. The molecule has 1 aromatic heterocycles. The highest BCUT2D eigenvalue weighted by molar-refractivity contribution is 7.09. The van der Waals surface area contributed by atoms with Gasteiger partial charge in [-0.15, -0.1) is 0 Å². The molecule has 1 aromatic carbocycles. The second kappa shape index (κ2) is 11.1. The third-order valence-electron chi connectivity index (χ3n) is 5.20. The standard InChI is InChI=1S/C22H33N7OS/c1-5-19-25-22(31-26-19)29-14-12-28(13-15-29)21(23-6-2)24-11-10-17-8-7-9-18(16-17)20(30)27(3)4/h7-9,16H,5-6,10-15H2,1-4H3,(H,23,24). The highest BCUT2D eigenvalue weighted by Gasteiger charge is 2.22. The van der Waals surface area contributed by atoms with Gasteiger partial charge in [-0.1, -0.05) is 19.1 Å². The van der Waals surface area contributed by atoms with Crippen molar-refractivity contribution >= 4 is 28.5 Å². The summed E-state index contributed by atoms with van der Waals surface area (Å²) in [7, 11) is 3.55. The molecule has 168 valence electrons. The van der Waals surface area contributed by atoms with Crippen molar-refractivity contribution in [3.8, 4) is 0 Å². The van der Waals surface area contributed by atoms with Gasteiger partial charge >= 0.3 is 0 Å². The van der Waals surface area contributed by atoms with Gasteiger partial charge in [0, 0.05) is 76.9 Å². The van der Waals surface area contributed by atoms with E-state index in [1.54, 1.807) is 19.0 Å². The Morgan fingerprint density at radius 1 is 1.23 bits per heavy atom. The lowest BCUT2D eigenvalue weighted by atomic mass is 10.1. The van der Waals surface area contributed by atoms with Crippen molar-refractivity contribution in [3.05, 3.63) is 41.2 Å². The van der Waals surface area contributed by atoms with Crippen LogP contribution in [-0.2, 0) is 12.8 Å². The SMILES string of the molecule is CCNC(=NCCc1cccc(C(=O)N(C)C)c1)N1CCN(c2nc(CC)ns2)CC1. The van der Waals surface area contributed by atoms with Crippen molar-refractivity contribution in [2.24, 2.45) is 4.99 Å². The van der Waals surface area contributed by atoms with E-state index >= 15 is 0 Å². The first-order valence-electron chi connectivity index (χ1n) is 10.9. The third kappa shape index (κ3) is 6.16. The molecule has 3 rings (SSSR count). The summed E-state index contributed by atoms with van der Waals surface area (Å²) in [5, 5.41) is 4.44. The van der Waals surface area contributed by atoms with Crippen LogP contribution in [-0.4, -0.2) is 84.4 Å². The van der Waals surface area contributed by atoms with Gasteiger partial charge < -0.3 is 20.0 Å². The maximum absolute atomic E-state index is 12.2. The molecule has 0 atom stereocenters. The molecule has 31 heavy (non-hydrogen) atoms. The van der Waals surface area contributed by atoms with Gasteiger partial charge in [-0.3, -0.25) is 9.79 Å². The lowest BCUT2D eigenvalue weighted by molar-refractivity contribution is 0.0827. The topological polar surface area (TPSA) is 77.0 Å². The number of hydrogen-bond acceptors (Lipinski definition) is 6. The van der Waals surface area contributed by atoms with Gasteiger partial charge in [0.25, 0.3) is 5.91 Å². The highest BCUT2D eigenvalue weighted by atomic mass is 32.1. The van der Waals surface area contributed by atoms with E-state index in [1.165, 1.54) is 11.5 Å². The number of hydrogen-bond donors (Lipinski definition) is 1. The summed E-state index contributed by atoms with van der Waals surface area (Å²) in [6.45, 7) is 9.32. The number of rotatable bonds is 7. The van der Waals surface area contributed by atoms with Crippen molar-refractivity contribution in [1.82, 2.24) is 24.5 Å². The van der Waals surface area contributed by atoms with Gasteiger partial charge in [-0.2, -0.15) is 4.37 Å². The number of guanidine groups is 1. The minimum Gasteiger partial charge on any atom is -0.357 e. The highest BCUT2D eigenvalue weighted by Crippen LogP contribution is 2.19. The summed E-state index contributed by atoms with van der Waals surface area (Å²) >= 11 is 1.49. The molecule has 1 aliphatic heterocycles. The molecule has 0 unspecified atom stereocenters. The Labute approximate surface area is 189 Å². The quantitative estimate of drug-likeness (QED) is 0.522. The van der Waals surface area contributed by atoms with Crippen molar-refractivity contribution in [2.75, 3.05) is 58.3 Å². The largest absolute Gasteiger partial charge is 0.357 e. The van der Waals surface area contributed by atoms with Gasteiger partial charge in [0.05, 0.1) is 0 Å². The predicted molar refractivity (Wildman–Crippen MR) is 127 cm³/mol. The summed E-state index contributed by atoms with van der Waals surface area (Å²) in [6.07, 6.45) is 1.67. The summed E-state index contributed by atoms with van der Waals surface area (Å²) in [5.74, 6) is 1.90. The van der Waals surface area contributed by atoms with E-state index in [-0.39, 0.29) is 5.91 Å². The molecule has 2 heterocycles.